The maximum atomic E-state index is 14.1. The van der Waals surface area contributed by atoms with Crippen LogP contribution in [-0.4, -0.2) is 59.7 Å². The minimum Gasteiger partial charge on any atom is -0.337 e. The number of carbonyl (C=O) groups excluding carboxylic acids is 1. The summed E-state index contributed by atoms with van der Waals surface area (Å²) in [5.41, 5.74) is 0.802. The molecule has 0 bridgehead atoms. The van der Waals surface area contributed by atoms with Crippen molar-refractivity contribution >= 4 is 5.91 Å². The molecule has 1 heterocycles. The van der Waals surface area contributed by atoms with Gasteiger partial charge in [-0.2, -0.15) is 57.1 Å². The fourth-order valence-electron chi connectivity index (χ4n) is 3.39. The van der Waals surface area contributed by atoms with E-state index in [2.05, 4.69) is 0 Å². The average Bonchev–Trinajstić information content (AvgIpc) is 2.73. The van der Waals surface area contributed by atoms with Gasteiger partial charge in [-0.1, -0.05) is 30.3 Å². The van der Waals surface area contributed by atoms with Crippen LogP contribution in [0.5, 0.6) is 0 Å². The van der Waals surface area contributed by atoms with Gasteiger partial charge in [-0.15, -0.1) is 0 Å². The van der Waals surface area contributed by atoms with E-state index in [-0.39, 0.29) is 23.7 Å². The SMILES string of the molecule is O=C(N1CCC(Cc2ccccc2)CC1)C(F)(F)C(F)(F)C(F)(F)C(F)(F)C(F)(F)C(F)(F)F. The number of rotatable bonds is 7. The molecule has 2 rings (SSSR count). The van der Waals surface area contributed by atoms with Crippen LogP contribution in [0.3, 0.4) is 0 Å². The standard InChI is InChI=1S/C19H16F13NO/c20-14(21,15(22,23)16(24,25)17(26,27)18(28,29)19(30,31)32)13(34)33-8-6-12(7-9-33)10-11-4-2-1-3-5-11/h1-5,12H,6-10H2. The summed E-state index contributed by atoms with van der Waals surface area (Å²) in [4.78, 5) is 11.8. The monoisotopic (exact) mass is 521 g/mol. The van der Waals surface area contributed by atoms with Gasteiger partial charge in [0.1, 0.15) is 0 Å². The molecule has 1 aliphatic rings. The maximum absolute atomic E-state index is 14.1. The van der Waals surface area contributed by atoms with Gasteiger partial charge in [-0.05, 0) is 30.7 Å². The van der Waals surface area contributed by atoms with E-state index in [9.17, 15) is 61.9 Å². The smallest absolute Gasteiger partial charge is 0.337 e. The van der Waals surface area contributed by atoms with Gasteiger partial charge in [0.15, 0.2) is 0 Å². The number of hydrogen-bond acceptors (Lipinski definition) is 1. The van der Waals surface area contributed by atoms with Crippen molar-refractivity contribution in [3.63, 3.8) is 0 Å². The van der Waals surface area contributed by atoms with Crippen LogP contribution in [0.2, 0.25) is 0 Å². The summed E-state index contributed by atoms with van der Waals surface area (Å²) in [5, 5.41) is 0. The van der Waals surface area contributed by atoms with Gasteiger partial charge in [0.2, 0.25) is 0 Å². The van der Waals surface area contributed by atoms with Crippen molar-refractivity contribution < 1.29 is 61.9 Å². The first-order valence-electron chi connectivity index (χ1n) is 9.51. The lowest BCUT2D eigenvalue weighted by Crippen LogP contribution is -2.72. The van der Waals surface area contributed by atoms with E-state index in [4.69, 9.17) is 0 Å². The Morgan fingerprint density at radius 2 is 1.15 bits per heavy atom. The summed E-state index contributed by atoms with van der Waals surface area (Å²) in [7, 11) is 0. The Labute approximate surface area is 183 Å². The highest BCUT2D eigenvalue weighted by Gasteiger charge is 2.91. The van der Waals surface area contributed by atoms with Gasteiger partial charge in [0.25, 0.3) is 5.91 Å². The zero-order valence-electron chi connectivity index (χ0n) is 16.8. The molecule has 15 heteroatoms. The number of hydrogen-bond donors (Lipinski definition) is 0. The lowest BCUT2D eigenvalue weighted by molar-refractivity contribution is -0.436. The van der Waals surface area contributed by atoms with Crippen molar-refractivity contribution in [1.29, 1.82) is 0 Å². The van der Waals surface area contributed by atoms with E-state index in [0.717, 1.165) is 5.56 Å². The largest absolute Gasteiger partial charge is 0.460 e. The zero-order valence-corrected chi connectivity index (χ0v) is 16.8. The predicted octanol–water partition coefficient (Wildman–Crippen LogP) is 6.21. The van der Waals surface area contributed by atoms with Crippen molar-refractivity contribution in [3.8, 4) is 0 Å². The van der Waals surface area contributed by atoms with E-state index in [0.29, 0.717) is 6.42 Å². The third-order valence-corrected chi connectivity index (χ3v) is 5.47. The molecule has 1 aromatic carbocycles. The Hall–Kier alpha value is -2.22. The number of halogens is 13. The molecule has 0 unspecified atom stereocenters. The summed E-state index contributed by atoms with van der Waals surface area (Å²) in [6.07, 6.45) is -7.27. The van der Waals surface area contributed by atoms with Crippen LogP contribution in [0.1, 0.15) is 18.4 Å². The molecule has 0 atom stereocenters. The first kappa shape index (κ1) is 28.0. The Bertz CT molecular complexity index is 859. The molecule has 0 spiro atoms. The second-order valence-corrected chi connectivity index (χ2v) is 7.80. The second-order valence-electron chi connectivity index (χ2n) is 7.80. The van der Waals surface area contributed by atoms with Crippen molar-refractivity contribution in [1.82, 2.24) is 4.90 Å². The van der Waals surface area contributed by atoms with E-state index < -0.39 is 54.8 Å². The fourth-order valence-corrected chi connectivity index (χ4v) is 3.39. The molecule has 1 fully saturated rings. The van der Waals surface area contributed by atoms with Crippen molar-refractivity contribution in [2.24, 2.45) is 5.92 Å². The molecule has 1 aliphatic heterocycles. The molecular weight excluding hydrogens is 505 g/mol. The van der Waals surface area contributed by atoms with Crippen molar-refractivity contribution in [2.45, 2.75) is 55.1 Å². The van der Waals surface area contributed by atoms with E-state index in [1.54, 1.807) is 30.3 Å². The topological polar surface area (TPSA) is 20.3 Å². The summed E-state index contributed by atoms with van der Waals surface area (Å²) in [5.74, 6) is -41.5. The molecule has 2 nitrogen and oxygen atoms in total. The van der Waals surface area contributed by atoms with Gasteiger partial charge in [-0.3, -0.25) is 4.79 Å². The highest BCUT2D eigenvalue weighted by atomic mass is 19.4. The van der Waals surface area contributed by atoms with E-state index >= 15 is 0 Å². The first-order chi connectivity index (χ1) is 15.2. The average molecular weight is 521 g/mol. The van der Waals surface area contributed by atoms with E-state index in [1.807, 2.05) is 0 Å². The third kappa shape index (κ3) is 4.41. The van der Waals surface area contributed by atoms with Gasteiger partial charge < -0.3 is 4.90 Å². The van der Waals surface area contributed by atoms with E-state index in [1.165, 1.54) is 0 Å². The molecule has 1 saturated heterocycles. The quantitative estimate of drug-likeness (QED) is 0.391. The number of amides is 1. The molecule has 34 heavy (non-hydrogen) atoms. The molecule has 1 aromatic rings. The second kappa shape index (κ2) is 8.77. The molecule has 194 valence electrons. The highest BCUT2D eigenvalue weighted by Crippen LogP contribution is 2.60. The lowest BCUT2D eigenvalue weighted by atomic mass is 9.89. The zero-order chi connectivity index (χ0) is 26.4. The normalized spacial score (nSPS) is 17.7. The molecule has 0 radical (unpaired) electrons. The molecule has 0 N–H and O–H groups in total. The minimum absolute atomic E-state index is 0.0501. The molecular formula is C19H16F13NO. The van der Waals surface area contributed by atoms with Crippen molar-refractivity contribution in [2.75, 3.05) is 13.1 Å². The highest BCUT2D eigenvalue weighted by molar-refractivity contribution is 5.85. The minimum atomic E-state index is -8.02. The van der Waals surface area contributed by atoms with Crippen LogP contribution >= 0.6 is 0 Å². The van der Waals surface area contributed by atoms with Crippen LogP contribution in [0.4, 0.5) is 57.1 Å². The number of piperidine rings is 1. The molecule has 0 saturated carbocycles. The number of alkyl halides is 13. The number of nitrogens with zero attached hydrogens (tertiary/aromatic N) is 1. The summed E-state index contributed by atoms with van der Waals surface area (Å²) in [6.45, 7) is -1.38. The summed E-state index contributed by atoms with van der Waals surface area (Å²) in [6, 6.07) is 8.51. The van der Waals surface area contributed by atoms with Crippen LogP contribution < -0.4 is 0 Å². The predicted molar refractivity (Wildman–Crippen MR) is 90.2 cm³/mol. The Morgan fingerprint density at radius 1 is 0.706 bits per heavy atom. The lowest BCUT2D eigenvalue weighted by Gasteiger charge is -2.41. The van der Waals surface area contributed by atoms with Crippen LogP contribution in [0.15, 0.2) is 30.3 Å². The van der Waals surface area contributed by atoms with Crippen molar-refractivity contribution in [3.05, 3.63) is 35.9 Å². The van der Waals surface area contributed by atoms with Crippen LogP contribution in [0.25, 0.3) is 0 Å². The summed E-state index contributed by atoms with van der Waals surface area (Å²) < 4.78 is 172. The number of likely N-dealkylation sites (tertiary alicyclic amines) is 1. The number of carbonyl (C=O) groups is 1. The molecule has 0 aromatic heterocycles. The molecule has 1 amide bonds. The van der Waals surface area contributed by atoms with Crippen LogP contribution in [0, 0.1) is 5.92 Å². The Balaban J connectivity index is 2.22. The Kier molecular flexibility index (Phi) is 7.23. The Morgan fingerprint density at radius 3 is 1.59 bits per heavy atom. The van der Waals surface area contributed by atoms with Gasteiger partial charge in [0.05, 0.1) is 0 Å². The van der Waals surface area contributed by atoms with Crippen LogP contribution in [-0.2, 0) is 11.2 Å². The van der Waals surface area contributed by atoms with Gasteiger partial charge in [-0.25, -0.2) is 0 Å². The fraction of sp³-hybridized carbons (Fsp3) is 0.632. The summed E-state index contributed by atoms with van der Waals surface area (Å²) >= 11 is 0. The maximum Gasteiger partial charge on any atom is 0.460 e. The number of benzene rings is 1. The van der Waals surface area contributed by atoms with Gasteiger partial charge in [0, 0.05) is 13.1 Å². The third-order valence-electron chi connectivity index (χ3n) is 5.47. The molecule has 0 aliphatic carbocycles. The first-order valence-corrected chi connectivity index (χ1v) is 9.51. The van der Waals surface area contributed by atoms with Gasteiger partial charge >= 0.3 is 35.8 Å².